The van der Waals surface area contributed by atoms with Crippen molar-refractivity contribution >= 4 is 0 Å². The topological polar surface area (TPSA) is 24.5 Å². The van der Waals surface area contributed by atoms with Crippen LogP contribution in [0.2, 0.25) is 0 Å². The third-order valence-electron chi connectivity index (χ3n) is 3.82. The first-order valence-corrected chi connectivity index (χ1v) is 7.82. The maximum absolute atomic E-state index is 5.74. The number of nitrogens with zero attached hydrogens (tertiary/aromatic N) is 1. The molecule has 1 atom stereocenters. The van der Waals surface area contributed by atoms with E-state index in [1.807, 2.05) is 0 Å². The molecule has 0 saturated heterocycles. The Labute approximate surface area is 120 Å². The summed E-state index contributed by atoms with van der Waals surface area (Å²) < 4.78 is 5.74. The van der Waals surface area contributed by atoms with Crippen molar-refractivity contribution in [3.8, 4) is 0 Å². The molecule has 0 aromatic carbocycles. The molecule has 0 heterocycles. The normalized spacial score (nSPS) is 18.3. The lowest BCUT2D eigenvalue weighted by Gasteiger charge is -2.34. The van der Waals surface area contributed by atoms with Crippen LogP contribution in [0.5, 0.6) is 0 Å². The first kappa shape index (κ1) is 16.9. The molecule has 1 fully saturated rings. The van der Waals surface area contributed by atoms with E-state index >= 15 is 0 Å². The summed E-state index contributed by atoms with van der Waals surface area (Å²) in [6.45, 7) is 15.2. The van der Waals surface area contributed by atoms with E-state index in [0.29, 0.717) is 12.0 Å². The lowest BCUT2D eigenvalue weighted by molar-refractivity contribution is 0.0808. The van der Waals surface area contributed by atoms with Crippen LogP contribution in [-0.2, 0) is 4.74 Å². The molecule has 3 nitrogen and oxygen atoms in total. The smallest absolute Gasteiger partial charge is 0.0593 e. The first-order chi connectivity index (χ1) is 8.79. The maximum atomic E-state index is 5.74. The lowest BCUT2D eigenvalue weighted by Crippen LogP contribution is -2.49. The van der Waals surface area contributed by atoms with Gasteiger partial charge in [0.25, 0.3) is 0 Å². The molecule has 0 spiro atoms. The summed E-state index contributed by atoms with van der Waals surface area (Å²) in [5, 5.41) is 3.62. The molecule has 1 unspecified atom stereocenters. The Hall–Kier alpha value is -0.120. The highest BCUT2D eigenvalue weighted by Crippen LogP contribution is 2.28. The minimum absolute atomic E-state index is 0.191. The van der Waals surface area contributed by atoms with Crippen LogP contribution in [-0.4, -0.2) is 49.8 Å². The van der Waals surface area contributed by atoms with Crippen LogP contribution < -0.4 is 5.32 Å². The second-order valence-electron chi connectivity index (χ2n) is 7.44. The summed E-state index contributed by atoms with van der Waals surface area (Å²) in [5.41, 5.74) is 0.191. The van der Waals surface area contributed by atoms with Crippen molar-refractivity contribution in [2.24, 2.45) is 11.8 Å². The summed E-state index contributed by atoms with van der Waals surface area (Å²) in [6.07, 6.45) is 2.75. The lowest BCUT2D eigenvalue weighted by atomic mass is 10.0. The number of rotatable bonds is 9. The highest BCUT2D eigenvalue weighted by molar-refractivity contribution is 4.80. The SMILES string of the molecule is CC(C)C(CNC(C)(C)C)N(C)CCOCC1CC1. The van der Waals surface area contributed by atoms with Gasteiger partial charge in [0.1, 0.15) is 0 Å². The van der Waals surface area contributed by atoms with Gasteiger partial charge in [-0.05, 0) is 52.5 Å². The number of hydrogen-bond donors (Lipinski definition) is 1. The van der Waals surface area contributed by atoms with E-state index in [1.165, 1.54) is 12.8 Å². The van der Waals surface area contributed by atoms with Crippen molar-refractivity contribution in [2.75, 3.05) is 33.4 Å². The molecule has 0 bridgehead atoms. The van der Waals surface area contributed by atoms with Gasteiger partial charge in [0, 0.05) is 31.3 Å². The van der Waals surface area contributed by atoms with E-state index in [4.69, 9.17) is 4.74 Å². The van der Waals surface area contributed by atoms with E-state index in [0.717, 1.165) is 32.2 Å². The molecule has 114 valence electrons. The fourth-order valence-electron chi connectivity index (χ4n) is 2.22. The molecule has 0 aliphatic heterocycles. The van der Waals surface area contributed by atoms with Crippen molar-refractivity contribution < 1.29 is 4.74 Å². The molecule has 0 aromatic heterocycles. The fourth-order valence-corrected chi connectivity index (χ4v) is 2.22. The molecule has 1 rings (SSSR count). The van der Waals surface area contributed by atoms with E-state index in [-0.39, 0.29) is 5.54 Å². The van der Waals surface area contributed by atoms with Gasteiger partial charge in [-0.1, -0.05) is 13.8 Å². The van der Waals surface area contributed by atoms with Gasteiger partial charge < -0.3 is 10.1 Å². The van der Waals surface area contributed by atoms with Crippen molar-refractivity contribution in [1.29, 1.82) is 0 Å². The predicted octanol–water partition coefficient (Wildman–Crippen LogP) is 2.76. The average molecular weight is 270 g/mol. The van der Waals surface area contributed by atoms with Gasteiger partial charge in [0.2, 0.25) is 0 Å². The molecule has 0 amide bonds. The average Bonchev–Trinajstić information content (AvgIpc) is 3.06. The summed E-state index contributed by atoms with van der Waals surface area (Å²) >= 11 is 0. The van der Waals surface area contributed by atoms with Crippen LogP contribution in [0, 0.1) is 11.8 Å². The van der Waals surface area contributed by atoms with Crippen molar-refractivity contribution in [3.63, 3.8) is 0 Å². The molecular weight excluding hydrogens is 236 g/mol. The monoisotopic (exact) mass is 270 g/mol. The second-order valence-corrected chi connectivity index (χ2v) is 7.44. The highest BCUT2D eigenvalue weighted by Gasteiger charge is 2.22. The highest BCUT2D eigenvalue weighted by atomic mass is 16.5. The quantitative estimate of drug-likeness (QED) is 0.652. The summed E-state index contributed by atoms with van der Waals surface area (Å²) in [7, 11) is 2.22. The van der Waals surface area contributed by atoms with Crippen molar-refractivity contribution in [2.45, 2.75) is 59.0 Å². The molecule has 3 heteroatoms. The van der Waals surface area contributed by atoms with E-state index in [9.17, 15) is 0 Å². The second kappa shape index (κ2) is 7.61. The Morgan fingerprint density at radius 2 is 1.89 bits per heavy atom. The van der Waals surface area contributed by atoms with E-state index in [2.05, 4.69) is 51.9 Å². The zero-order valence-electron chi connectivity index (χ0n) is 13.8. The zero-order chi connectivity index (χ0) is 14.5. The van der Waals surface area contributed by atoms with Gasteiger partial charge in [0.05, 0.1) is 6.61 Å². The molecule has 1 aliphatic rings. The molecule has 0 radical (unpaired) electrons. The van der Waals surface area contributed by atoms with Gasteiger partial charge in [-0.2, -0.15) is 0 Å². The van der Waals surface area contributed by atoms with Crippen LogP contribution in [0.15, 0.2) is 0 Å². The van der Waals surface area contributed by atoms with Crippen LogP contribution in [0.4, 0.5) is 0 Å². The molecular formula is C16H34N2O. The van der Waals surface area contributed by atoms with Crippen LogP contribution in [0.1, 0.15) is 47.5 Å². The third-order valence-corrected chi connectivity index (χ3v) is 3.82. The Morgan fingerprint density at radius 3 is 2.37 bits per heavy atom. The van der Waals surface area contributed by atoms with Crippen LogP contribution in [0.3, 0.4) is 0 Å². The van der Waals surface area contributed by atoms with Crippen molar-refractivity contribution in [3.05, 3.63) is 0 Å². The Bertz CT molecular complexity index is 244. The first-order valence-electron chi connectivity index (χ1n) is 7.82. The fraction of sp³-hybridized carbons (Fsp3) is 1.00. The van der Waals surface area contributed by atoms with E-state index in [1.54, 1.807) is 0 Å². The number of nitrogens with one attached hydrogen (secondary N) is 1. The Morgan fingerprint density at radius 1 is 1.26 bits per heavy atom. The number of ether oxygens (including phenoxy) is 1. The van der Waals surface area contributed by atoms with Gasteiger partial charge >= 0.3 is 0 Å². The summed E-state index contributed by atoms with van der Waals surface area (Å²) in [5.74, 6) is 1.53. The van der Waals surface area contributed by atoms with Crippen LogP contribution >= 0.6 is 0 Å². The maximum Gasteiger partial charge on any atom is 0.0593 e. The van der Waals surface area contributed by atoms with Gasteiger partial charge in [-0.3, -0.25) is 4.90 Å². The van der Waals surface area contributed by atoms with Gasteiger partial charge in [-0.25, -0.2) is 0 Å². The minimum atomic E-state index is 0.191. The van der Waals surface area contributed by atoms with Gasteiger partial charge in [0.15, 0.2) is 0 Å². The molecule has 0 aromatic rings. The molecule has 19 heavy (non-hydrogen) atoms. The number of likely N-dealkylation sites (N-methyl/N-ethyl adjacent to an activating group) is 1. The number of hydrogen-bond acceptors (Lipinski definition) is 3. The predicted molar refractivity (Wildman–Crippen MR) is 82.6 cm³/mol. The Kier molecular flexibility index (Phi) is 6.78. The van der Waals surface area contributed by atoms with Gasteiger partial charge in [-0.15, -0.1) is 0 Å². The largest absolute Gasteiger partial charge is 0.380 e. The third kappa shape index (κ3) is 7.91. The zero-order valence-corrected chi connectivity index (χ0v) is 13.8. The van der Waals surface area contributed by atoms with Crippen LogP contribution in [0.25, 0.3) is 0 Å². The standard InChI is InChI=1S/C16H34N2O/c1-13(2)15(11-17-16(3,4)5)18(6)9-10-19-12-14-7-8-14/h13-15,17H,7-12H2,1-6H3. The molecule has 1 saturated carbocycles. The summed E-state index contributed by atoms with van der Waals surface area (Å²) in [6, 6.07) is 0.573. The molecule has 1 N–H and O–H groups in total. The molecule has 1 aliphatic carbocycles. The summed E-state index contributed by atoms with van der Waals surface area (Å²) in [4.78, 5) is 2.44. The van der Waals surface area contributed by atoms with Crippen molar-refractivity contribution in [1.82, 2.24) is 10.2 Å². The minimum Gasteiger partial charge on any atom is -0.380 e. The van der Waals surface area contributed by atoms with E-state index < -0.39 is 0 Å². The Balaban J connectivity index is 2.23.